The van der Waals surface area contributed by atoms with E-state index in [0.29, 0.717) is 48.0 Å². The number of rotatable bonds is 4. The second-order valence-electron chi connectivity index (χ2n) is 7.33. The summed E-state index contributed by atoms with van der Waals surface area (Å²) in [5.41, 5.74) is 0.842. The molecular weight excluding hydrogens is 603 g/mol. The Kier molecular flexibility index (Phi) is 10.7. The summed E-state index contributed by atoms with van der Waals surface area (Å²) in [6, 6.07) is 22.1. The monoisotopic (exact) mass is 620 g/mol. The summed E-state index contributed by atoms with van der Waals surface area (Å²) >= 11 is 0.300. The topological polar surface area (TPSA) is 190 Å². The minimum atomic E-state index is 0. The molecule has 0 unspecified atom stereocenters. The van der Waals surface area contributed by atoms with Crippen molar-refractivity contribution in [1.82, 2.24) is 30.4 Å². The van der Waals surface area contributed by atoms with Crippen LogP contribution >= 0.6 is 12.4 Å². The van der Waals surface area contributed by atoms with Gasteiger partial charge in [-0.1, -0.05) is 60.7 Å². The van der Waals surface area contributed by atoms with Crippen LogP contribution in [0.5, 0.6) is 11.5 Å². The van der Waals surface area contributed by atoms with Gasteiger partial charge in [-0.15, -0.1) is 32.9 Å². The number of fused-ring (bicyclic) bond motifs is 2. The maximum absolute atomic E-state index is 9.84. The third kappa shape index (κ3) is 7.27. The summed E-state index contributed by atoms with van der Waals surface area (Å²) in [7, 11) is 0. The zero-order valence-electron chi connectivity index (χ0n) is 19.9. The molecule has 194 valence electrons. The predicted molar refractivity (Wildman–Crippen MR) is 140 cm³/mol. The van der Waals surface area contributed by atoms with Crippen LogP contribution in [-0.2, 0) is 27.5 Å². The molecule has 2 heterocycles. The number of aromatic hydroxyl groups is 2. The van der Waals surface area contributed by atoms with E-state index in [1.54, 1.807) is 12.1 Å². The number of hydrogen-bond donors (Lipinski definition) is 4. The number of H-pyrrole nitrogens is 2. The van der Waals surface area contributed by atoms with Gasteiger partial charge in [0.2, 0.25) is 0 Å². The fraction of sp³-hybridized carbons (Fsp3) is 0. The Morgan fingerprint density at radius 1 is 0.590 bits per heavy atom. The average molecular weight is 622 g/mol. The van der Waals surface area contributed by atoms with Gasteiger partial charge in [0.15, 0.2) is 0 Å². The first-order valence-corrected chi connectivity index (χ1v) is 11.9. The zero-order chi connectivity index (χ0) is 26.7. The van der Waals surface area contributed by atoms with Crippen LogP contribution in [0.4, 0.5) is 23.3 Å². The van der Waals surface area contributed by atoms with Crippen LogP contribution in [0.2, 0.25) is 0 Å². The number of aromatic nitrogens is 6. The zero-order valence-corrected chi connectivity index (χ0v) is 23.1. The third-order valence-electron chi connectivity index (χ3n) is 5.05. The predicted octanol–water partition coefficient (Wildman–Crippen LogP) is 6.46. The van der Waals surface area contributed by atoms with Crippen LogP contribution < -0.4 is 0 Å². The SMILES string of the molecule is Cl.Oc1ccc2ccccc2c1N=Nc1ncn[nH]1.Oc1ccc2ccccc2c1N=Nc1ncn[nH]1.[O]=[Zr]. The fourth-order valence-electron chi connectivity index (χ4n) is 3.39. The molecule has 0 aliphatic rings. The van der Waals surface area contributed by atoms with E-state index < -0.39 is 0 Å². The Bertz CT molecular complexity index is 1570. The van der Waals surface area contributed by atoms with Crippen molar-refractivity contribution in [3.8, 4) is 11.5 Å². The van der Waals surface area contributed by atoms with Gasteiger partial charge in [0.1, 0.15) is 35.5 Å². The van der Waals surface area contributed by atoms with E-state index >= 15 is 0 Å². The number of phenolic OH excluding ortho intramolecular Hbond substituents is 2. The maximum atomic E-state index is 9.84. The van der Waals surface area contributed by atoms with E-state index in [0.717, 1.165) is 21.5 Å². The molecule has 0 saturated carbocycles. The molecule has 0 bridgehead atoms. The molecule has 0 aliphatic carbocycles. The van der Waals surface area contributed by atoms with Crippen LogP contribution in [-0.4, -0.2) is 40.6 Å². The minimum absolute atomic E-state index is 0. The van der Waals surface area contributed by atoms with Crippen molar-refractivity contribution in [2.24, 2.45) is 20.5 Å². The molecule has 6 aromatic rings. The summed E-state index contributed by atoms with van der Waals surface area (Å²) in [5.74, 6) is 0.749. The number of azo groups is 2. The van der Waals surface area contributed by atoms with Crippen LogP contribution in [0, 0.1) is 0 Å². The molecule has 2 aromatic heterocycles. The van der Waals surface area contributed by atoms with E-state index in [4.69, 9.17) is 2.81 Å². The van der Waals surface area contributed by atoms with Crippen molar-refractivity contribution in [3.63, 3.8) is 0 Å². The first kappa shape index (κ1) is 29.0. The number of halogens is 1. The summed E-state index contributed by atoms with van der Waals surface area (Å²) in [6.45, 7) is 0. The fourth-order valence-corrected chi connectivity index (χ4v) is 3.39. The number of aromatic amines is 2. The molecule has 0 saturated heterocycles. The molecule has 0 fully saturated rings. The van der Waals surface area contributed by atoms with E-state index in [2.05, 4.69) is 50.8 Å². The van der Waals surface area contributed by atoms with Crippen molar-refractivity contribution < 1.29 is 37.7 Å². The standard InChI is InChI=1S/2C12H9N5O.ClH.O.Zr/c2*18-10-6-5-8-3-1-2-4-9(8)11(10)15-17-12-13-7-14-16-12;;;/h2*1-7,18H,(H,13,14,16);1H;;. The van der Waals surface area contributed by atoms with Gasteiger partial charge in [0.25, 0.3) is 11.9 Å². The Morgan fingerprint density at radius 2 is 1.00 bits per heavy atom. The summed E-state index contributed by atoms with van der Waals surface area (Å²) in [5, 5.41) is 51.6. The second kappa shape index (κ2) is 14.4. The molecule has 0 spiro atoms. The molecule has 15 heteroatoms. The molecule has 4 N–H and O–H groups in total. The number of nitrogens with zero attached hydrogens (tertiary/aromatic N) is 8. The van der Waals surface area contributed by atoms with Crippen molar-refractivity contribution in [2.45, 2.75) is 0 Å². The van der Waals surface area contributed by atoms with Crippen molar-refractivity contribution in [3.05, 3.63) is 85.5 Å². The normalized spacial score (nSPS) is 10.5. The van der Waals surface area contributed by atoms with Gasteiger partial charge in [-0.25, -0.2) is 10.2 Å². The van der Waals surface area contributed by atoms with Gasteiger partial charge in [-0.05, 0) is 22.9 Å². The average Bonchev–Trinajstić information content (AvgIpc) is 3.68. The van der Waals surface area contributed by atoms with E-state index in [1.165, 1.54) is 12.7 Å². The van der Waals surface area contributed by atoms with Crippen LogP contribution in [0.25, 0.3) is 21.5 Å². The van der Waals surface area contributed by atoms with Crippen LogP contribution in [0.1, 0.15) is 0 Å². The van der Waals surface area contributed by atoms with Crippen LogP contribution in [0.15, 0.2) is 106 Å². The van der Waals surface area contributed by atoms with Crippen molar-refractivity contribution in [1.29, 1.82) is 0 Å². The van der Waals surface area contributed by atoms with Crippen molar-refractivity contribution in [2.75, 3.05) is 0 Å². The Labute approximate surface area is 241 Å². The molecule has 0 radical (unpaired) electrons. The van der Waals surface area contributed by atoms with E-state index in [1.807, 2.05) is 60.7 Å². The van der Waals surface area contributed by atoms with Crippen LogP contribution in [0.3, 0.4) is 0 Å². The molecule has 0 aliphatic heterocycles. The number of benzene rings is 4. The van der Waals surface area contributed by atoms with Gasteiger partial charge >= 0.3 is 27.5 Å². The molecular formula is C24H19ClN10O3Zr. The first-order valence-electron chi connectivity index (χ1n) is 10.8. The van der Waals surface area contributed by atoms with Gasteiger partial charge in [-0.3, -0.25) is 0 Å². The molecule has 0 atom stereocenters. The Balaban J connectivity index is 0.000000198. The summed E-state index contributed by atoms with van der Waals surface area (Å²) < 4.78 is 8.34. The van der Waals surface area contributed by atoms with Gasteiger partial charge in [0.05, 0.1) is 0 Å². The Morgan fingerprint density at radius 3 is 1.38 bits per heavy atom. The number of nitrogens with one attached hydrogen (secondary N) is 2. The van der Waals surface area contributed by atoms with E-state index in [-0.39, 0.29) is 23.9 Å². The number of phenols is 2. The molecule has 39 heavy (non-hydrogen) atoms. The van der Waals surface area contributed by atoms with Gasteiger partial charge in [-0.2, -0.15) is 20.2 Å². The third-order valence-corrected chi connectivity index (χ3v) is 5.05. The van der Waals surface area contributed by atoms with Crippen molar-refractivity contribution >= 4 is 57.2 Å². The summed E-state index contributed by atoms with van der Waals surface area (Å²) in [6.07, 6.45) is 2.69. The van der Waals surface area contributed by atoms with Gasteiger partial charge in [0, 0.05) is 10.8 Å². The molecule has 13 nitrogen and oxygen atoms in total. The molecule has 4 aromatic carbocycles. The molecule has 6 rings (SSSR count). The second-order valence-corrected chi connectivity index (χ2v) is 7.33. The van der Waals surface area contributed by atoms with Gasteiger partial charge < -0.3 is 10.2 Å². The Hall–Kier alpha value is -4.55. The molecule has 0 amide bonds. The first-order chi connectivity index (χ1) is 18.7. The quantitative estimate of drug-likeness (QED) is 0.162. The van der Waals surface area contributed by atoms with E-state index in [9.17, 15) is 10.2 Å². The summed E-state index contributed by atoms with van der Waals surface area (Å²) in [4.78, 5) is 7.66. The number of hydrogen-bond acceptors (Lipinski definition) is 11.